The summed E-state index contributed by atoms with van der Waals surface area (Å²) in [6.45, 7) is 0. The fourth-order valence-corrected chi connectivity index (χ4v) is 3.04. The van der Waals surface area contributed by atoms with E-state index < -0.39 is 0 Å². The van der Waals surface area contributed by atoms with Crippen molar-refractivity contribution in [2.24, 2.45) is 0 Å². The van der Waals surface area contributed by atoms with Crippen molar-refractivity contribution in [3.63, 3.8) is 0 Å². The van der Waals surface area contributed by atoms with Crippen molar-refractivity contribution in [1.82, 2.24) is 0 Å². The molecule has 112 valence electrons. The zero-order valence-electron chi connectivity index (χ0n) is 12.8. The van der Waals surface area contributed by atoms with E-state index in [0.717, 1.165) is 25.7 Å². The number of hydrogen-bond acceptors (Lipinski definition) is 3. The van der Waals surface area contributed by atoms with Gasteiger partial charge in [0.15, 0.2) is 0 Å². The lowest BCUT2D eigenvalue weighted by Crippen LogP contribution is -2.33. The minimum atomic E-state index is -0.219. The summed E-state index contributed by atoms with van der Waals surface area (Å²) in [5, 5.41) is 17.4. The molecule has 22 heavy (non-hydrogen) atoms. The maximum Gasteiger partial charge on any atom is 0.0991 e. The van der Waals surface area contributed by atoms with E-state index in [1.165, 1.54) is 11.6 Å². The highest BCUT2D eigenvalue weighted by Crippen LogP contribution is 2.40. The van der Waals surface area contributed by atoms with Crippen LogP contribution >= 0.6 is 0 Å². The Bertz CT molecular complexity index is 621. The van der Waals surface area contributed by atoms with Crippen molar-refractivity contribution < 1.29 is 4.74 Å². The molecule has 0 atom stereocenters. The van der Waals surface area contributed by atoms with Crippen LogP contribution in [0.15, 0.2) is 48.6 Å². The standard InChI is InChI=1S/C19H20N2O/c1-22-19(11-3-2-4-14-20)12-9-18(10-13-19)17-7-5-16(15-21)6-8-17/h2-8,11,18H,9-10,12-13H2,1H3. The molecule has 0 N–H and O–H groups in total. The second kappa shape index (κ2) is 7.59. The number of benzene rings is 1. The maximum absolute atomic E-state index is 8.86. The molecule has 3 nitrogen and oxygen atoms in total. The first kappa shape index (κ1) is 16.0. The minimum absolute atomic E-state index is 0.219. The van der Waals surface area contributed by atoms with Gasteiger partial charge in [0, 0.05) is 13.2 Å². The number of methoxy groups -OCH3 is 1. The van der Waals surface area contributed by atoms with Gasteiger partial charge in [0.05, 0.1) is 23.3 Å². The molecule has 0 radical (unpaired) electrons. The monoisotopic (exact) mass is 292 g/mol. The first-order valence-electron chi connectivity index (χ1n) is 7.52. The fourth-order valence-electron chi connectivity index (χ4n) is 3.04. The van der Waals surface area contributed by atoms with Crippen molar-refractivity contribution in [3.05, 3.63) is 59.7 Å². The van der Waals surface area contributed by atoms with E-state index in [2.05, 4.69) is 24.3 Å². The molecule has 1 fully saturated rings. The van der Waals surface area contributed by atoms with E-state index in [1.807, 2.05) is 24.3 Å². The van der Waals surface area contributed by atoms with Crippen molar-refractivity contribution in [3.8, 4) is 12.1 Å². The normalized spacial score (nSPS) is 25.1. The first-order valence-corrected chi connectivity index (χ1v) is 7.52. The van der Waals surface area contributed by atoms with E-state index in [9.17, 15) is 0 Å². The van der Waals surface area contributed by atoms with Crippen LogP contribution in [0.1, 0.15) is 42.7 Å². The van der Waals surface area contributed by atoms with Gasteiger partial charge >= 0.3 is 0 Å². The molecule has 0 saturated heterocycles. The molecule has 3 heteroatoms. The number of nitriles is 2. The molecule has 0 amide bonds. The number of allylic oxidation sites excluding steroid dienone is 3. The first-order chi connectivity index (χ1) is 10.7. The lowest BCUT2D eigenvalue weighted by molar-refractivity contribution is -0.00220. The molecule has 2 rings (SSSR count). The lowest BCUT2D eigenvalue weighted by Gasteiger charge is -2.37. The third-order valence-electron chi connectivity index (χ3n) is 4.43. The molecule has 0 aliphatic heterocycles. The summed E-state index contributed by atoms with van der Waals surface area (Å²) in [4.78, 5) is 0. The molecular formula is C19H20N2O. The smallest absolute Gasteiger partial charge is 0.0991 e. The van der Waals surface area contributed by atoms with Gasteiger partial charge in [-0.1, -0.05) is 30.4 Å². The SMILES string of the molecule is COC1(C=CC=CC#N)CCC(c2ccc(C#N)cc2)CC1. The third-order valence-corrected chi connectivity index (χ3v) is 4.43. The second-order valence-electron chi connectivity index (χ2n) is 5.62. The Kier molecular flexibility index (Phi) is 5.53. The molecule has 0 unspecified atom stereocenters. The minimum Gasteiger partial charge on any atom is -0.374 e. The number of ether oxygens (including phenoxy) is 1. The Morgan fingerprint density at radius 3 is 2.36 bits per heavy atom. The molecule has 0 heterocycles. The highest BCUT2D eigenvalue weighted by Gasteiger charge is 2.33. The van der Waals surface area contributed by atoms with Gasteiger partial charge in [-0.05, 0) is 49.3 Å². The second-order valence-corrected chi connectivity index (χ2v) is 5.62. The summed E-state index contributed by atoms with van der Waals surface area (Å²) in [6, 6.07) is 12.0. The van der Waals surface area contributed by atoms with Gasteiger partial charge in [-0.25, -0.2) is 0 Å². The highest BCUT2D eigenvalue weighted by atomic mass is 16.5. The average Bonchev–Trinajstić information content (AvgIpc) is 2.59. The van der Waals surface area contributed by atoms with E-state index in [1.54, 1.807) is 13.2 Å². The number of rotatable bonds is 4. The van der Waals surface area contributed by atoms with E-state index in [0.29, 0.717) is 11.5 Å². The van der Waals surface area contributed by atoms with Crippen molar-refractivity contribution in [2.45, 2.75) is 37.2 Å². The molecular weight excluding hydrogens is 272 g/mol. The van der Waals surface area contributed by atoms with Crippen LogP contribution in [-0.2, 0) is 4.74 Å². The van der Waals surface area contributed by atoms with Crippen LogP contribution in [-0.4, -0.2) is 12.7 Å². The van der Waals surface area contributed by atoms with Gasteiger partial charge in [-0.2, -0.15) is 10.5 Å². The molecule has 1 aliphatic rings. The Balaban J connectivity index is 2.01. The molecule has 1 aromatic carbocycles. The predicted octanol–water partition coefficient (Wildman–Crippen LogP) is 4.24. The average molecular weight is 292 g/mol. The Labute approximate surface area is 132 Å². The Hall–Kier alpha value is -2.36. The summed E-state index contributed by atoms with van der Waals surface area (Å²) in [5.41, 5.74) is 1.79. The summed E-state index contributed by atoms with van der Waals surface area (Å²) < 4.78 is 5.73. The molecule has 1 aliphatic carbocycles. The van der Waals surface area contributed by atoms with E-state index >= 15 is 0 Å². The third kappa shape index (κ3) is 3.85. The van der Waals surface area contributed by atoms with Gasteiger partial charge in [-0.3, -0.25) is 0 Å². The maximum atomic E-state index is 8.86. The molecule has 0 spiro atoms. The molecule has 1 aromatic rings. The quantitative estimate of drug-likeness (QED) is 0.616. The molecule has 1 saturated carbocycles. The van der Waals surface area contributed by atoms with Crippen LogP contribution in [0.3, 0.4) is 0 Å². The lowest BCUT2D eigenvalue weighted by atomic mass is 9.75. The zero-order chi connectivity index (χ0) is 15.8. The van der Waals surface area contributed by atoms with Crippen LogP contribution < -0.4 is 0 Å². The highest BCUT2D eigenvalue weighted by molar-refractivity contribution is 5.33. The van der Waals surface area contributed by atoms with Gasteiger partial charge in [0.25, 0.3) is 0 Å². The molecule has 0 bridgehead atoms. The Morgan fingerprint density at radius 2 is 1.82 bits per heavy atom. The summed E-state index contributed by atoms with van der Waals surface area (Å²) in [7, 11) is 1.75. The van der Waals surface area contributed by atoms with E-state index in [-0.39, 0.29) is 5.60 Å². The van der Waals surface area contributed by atoms with Crippen molar-refractivity contribution >= 4 is 0 Å². The van der Waals surface area contributed by atoms with Crippen LogP contribution in [0.5, 0.6) is 0 Å². The summed E-state index contributed by atoms with van der Waals surface area (Å²) >= 11 is 0. The van der Waals surface area contributed by atoms with Crippen molar-refractivity contribution in [2.75, 3.05) is 7.11 Å². The topological polar surface area (TPSA) is 56.8 Å². The summed E-state index contributed by atoms with van der Waals surface area (Å²) in [5.74, 6) is 0.527. The van der Waals surface area contributed by atoms with Crippen LogP contribution in [0.2, 0.25) is 0 Å². The van der Waals surface area contributed by atoms with Crippen LogP contribution in [0.25, 0.3) is 0 Å². The van der Waals surface area contributed by atoms with E-state index in [4.69, 9.17) is 15.3 Å². The predicted molar refractivity (Wildman–Crippen MR) is 86.0 cm³/mol. The fraction of sp³-hybridized carbons (Fsp3) is 0.368. The zero-order valence-corrected chi connectivity index (χ0v) is 12.8. The number of nitrogens with zero attached hydrogens (tertiary/aromatic N) is 2. The van der Waals surface area contributed by atoms with Crippen LogP contribution in [0, 0.1) is 22.7 Å². The summed E-state index contributed by atoms with van der Waals surface area (Å²) in [6.07, 6.45) is 11.2. The molecule has 0 aromatic heterocycles. The van der Waals surface area contributed by atoms with Crippen LogP contribution in [0.4, 0.5) is 0 Å². The largest absolute Gasteiger partial charge is 0.374 e. The van der Waals surface area contributed by atoms with Gasteiger partial charge in [0.2, 0.25) is 0 Å². The van der Waals surface area contributed by atoms with Gasteiger partial charge < -0.3 is 4.74 Å². The van der Waals surface area contributed by atoms with Gasteiger partial charge in [0.1, 0.15) is 0 Å². The Morgan fingerprint density at radius 1 is 1.14 bits per heavy atom. The van der Waals surface area contributed by atoms with Gasteiger partial charge in [-0.15, -0.1) is 0 Å². The van der Waals surface area contributed by atoms with Crippen molar-refractivity contribution in [1.29, 1.82) is 10.5 Å². The number of hydrogen-bond donors (Lipinski definition) is 0.